The second-order valence-corrected chi connectivity index (χ2v) is 6.88. The highest BCUT2D eigenvalue weighted by atomic mass is 32.2. The number of carbonyl (C=O) groups is 1. The maximum atomic E-state index is 12.4. The van der Waals surface area contributed by atoms with E-state index in [1.165, 1.54) is 0 Å². The molecule has 0 saturated heterocycles. The van der Waals surface area contributed by atoms with Gasteiger partial charge in [-0.05, 0) is 25.0 Å². The predicted octanol–water partition coefficient (Wildman–Crippen LogP) is 1.62. The molecule has 1 fully saturated rings. The summed E-state index contributed by atoms with van der Waals surface area (Å²) in [6.07, 6.45) is 1.19. The van der Waals surface area contributed by atoms with Gasteiger partial charge in [0.05, 0.1) is 21.0 Å². The summed E-state index contributed by atoms with van der Waals surface area (Å²) in [5.41, 5.74) is -0.204. The van der Waals surface area contributed by atoms with Crippen molar-refractivity contribution in [1.82, 2.24) is 0 Å². The van der Waals surface area contributed by atoms with Crippen LogP contribution < -0.4 is 0 Å². The van der Waals surface area contributed by atoms with Crippen LogP contribution in [0, 0.1) is 16.0 Å². The maximum absolute atomic E-state index is 12.4. The Morgan fingerprint density at radius 2 is 1.85 bits per heavy atom. The van der Waals surface area contributed by atoms with E-state index in [9.17, 15) is 23.3 Å². The van der Waals surface area contributed by atoms with Gasteiger partial charge in [-0.3, -0.25) is 14.9 Å². The Morgan fingerprint density at radius 1 is 1.25 bits per heavy atom. The molecule has 0 aromatic heterocycles. The van der Waals surface area contributed by atoms with Gasteiger partial charge in [0.1, 0.15) is 0 Å². The van der Waals surface area contributed by atoms with Gasteiger partial charge < -0.3 is 5.11 Å². The van der Waals surface area contributed by atoms with Crippen molar-refractivity contribution in [3.8, 4) is 0 Å². The topological polar surface area (TPSA) is 115 Å². The monoisotopic (exact) mass is 299 g/mol. The lowest BCUT2D eigenvalue weighted by atomic mass is 10.1. The Hall–Kier alpha value is -1.96. The van der Waals surface area contributed by atoms with Gasteiger partial charge >= 0.3 is 5.97 Å². The number of aliphatic carboxylic acids is 1. The number of hydrogen-bond donors (Lipinski definition) is 1. The van der Waals surface area contributed by atoms with Crippen LogP contribution in [0.1, 0.15) is 19.3 Å². The number of nitro benzene ring substituents is 1. The average molecular weight is 299 g/mol. The number of rotatable bonds is 4. The highest BCUT2D eigenvalue weighted by molar-refractivity contribution is 7.92. The van der Waals surface area contributed by atoms with Crippen LogP contribution in [-0.4, -0.2) is 29.7 Å². The zero-order valence-corrected chi connectivity index (χ0v) is 11.2. The SMILES string of the molecule is O=C(O)[C@@H]1CCC[C@H]1S(=O)(=O)c1ccc([N+](=O)[O-])cc1. The second-order valence-electron chi connectivity index (χ2n) is 4.71. The molecule has 1 aliphatic rings. The number of carboxylic acids is 1. The summed E-state index contributed by atoms with van der Waals surface area (Å²) in [4.78, 5) is 20.9. The van der Waals surface area contributed by atoms with Crippen LogP contribution in [0.5, 0.6) is 0 Å². The molecule has 1 N–H and O–H groups in total. The first kappa shape index (κ1) is 14.4. The third-order valence-corrected chi connectivity index (χ3v) is 5.83. The molecule has 0 unspecified atom stereocenters. The van der Waals surface area contributed by atoms with Crippen LogP contribution in [0.2, 0.25) is 0 Å². The zero-order valence-electron chi connectivity index (χ0n) is 10.4. The van der Waals surface area contributed by atoms with Gasteiger partial charge in [-0.2, -0.15) is 0 Å². The molecule has 2 rings (SSSR count). The summed E-state index contributed by atoms with van der Waals surface area (Å²) in [5.74, 6) is -2.02. The Morgan fingerprint density at radius 3 is 2.35 bits per heavy atom. The van der Waals surface area contributed by atoms with E-state index in [0.29, 0.717) is 19.3 Å². The van der Waals surface area contributed by atoms with Crippen molar-refractivity contribution < 1.29 is 23.2 Å². The van der Waals surface area contributed by atoms with Gasteiger partial charge in [-0.15, -0.1) is 0 Å². The van der Waals surface area contributed by atoms with Crippen LogP contribution in [-0.2, 0) is 14.6 Å². The molecule has 0 radical (unpaired) electrons. The molecular weight excluding hydrogens is 286 g/mol. The molecular formula is C12H13NO6S. The number of sulfone groups is 1. The lowest BCUT2D eigenvalue weighted by molar-refractivity contribution is -0.384. The predicted molar refractivity (Wildman–Crippen MR) is 69.0 cm³/mol. The first-order valence-electron chi connectivity index (χ1n) is 6.05. The van der Waals surface area contributed by atoms with Crippen molar-refractivity contribution in [1.29, 1.82) is 0 Å². The highest BCUT2D eigenvalue weighted by Gasteiger charge is 2.42. The molecule has 2 atom stereocenters. The van der Waals surface area contributed by atoms with E-state index in [0.717, 1.165) is 24.3 Å². The van der Waals surface area contributed by atoms with Crippen LogP contribution in [0.25, 0.3) is 0 Å². The molecule has 0 aliphatic heterocycles. The highest BCUT2D eigenvalue weighted by Crippen LogP contribution is 2.35. The molecule has 0 amide bonds. The molecule has 1 aromatic carbocycles. The van der Waals surface area contributed by atoms with Gasteiger partial charge in [0.25, 0.3) is 5.69 Å². The normalized spacial score (nSPS) is 22.6. The van der Waals surface area contributed by atoms with E-state index < -0.39 is 31.9 Å². The number of nitrogens with zero attached hydrogens (tertiary/aromatic N) is 1. The molecule has 0 bridgehead atoms. The Labute approximate surface area is 115 Å². The fourth-order valence-electron chi connectivity index (χ4n) is 2.51. The van der Waals surface area contributed by atoms with Gasteiger partial charge in [-0.1, -0.05) is 6.42 Å². The number of hydrogen-bond acceptors (Lipinski definition) is 5. The first-order chi connectivity index (χ1) is 9.34. The Kier molecular flexibility index (Phi) is 3.76. The standard InChI is InChI=1S/C12H13NO6S/c14-12(15)10-2-1-3-11(10)20(18,19)9-6-4-8(5-7-9)13(16)17/h4-7,10-11H,1-3H2,(H,14,15)/t10-,11-/m1/s1. The molecule has 108 valence electrons. The molecule has 1 aliphatic carbocycles. The Balaban J connectivity index is 2.35. The van der Waals surface area contributed by atoms with E-state index in [1.54, 1.807) is 0 Å². The number of benzene rings is 1. The minimum Gasteiger partial charge on any atom is -0.481 e. The van der Waals surface area contributed by atoms with Crippen molar-refractivity contribution in [2.24, 2.45) is 5.92 Å². The molecule has 7 nitrogen and oxygen atoms in total. The maximum Gasteiger partial charge on any atom is 0.307 e. The molecule has 1 aromatic rings. The second kappa shape index (κ2) is 5.20. The average Bonchev–Trinajstić information content (AvgIpc) is 2.89. The summed E-state index contributed by atoms with van der Waals surface area (Å²) in [6, 6.07) is 4.53. The first-order valence-corrected chi connectivity index (χ1v) is 7.60. The number of nitro groups is 1. The molecule has 20 heavy (non-hydrogen) atoms. The van der Waals surface area contributed by atoms with Crippen molar-refractivity contribution in [2.45, 2.75) is 29.4 Å². The van der Waals surface area contributed by atoms with Crippen LogP contribution in [0.4, 0.5) is 5.69 Å². The minimum atomic E-state index is -3.78. The largest absolute Gasteiger partial charge is 0.481 e. The molecule has 1 saturated carbocycles. The van der Waals surface area contributed by atoms with Gasteiger partial charge in [0.2, 0.25) is 0 Å². The third-order valence-electron chi connectivity index (χ3n) is 3.54. The summed E-state index contributed by atoms with van der Waals surface area (Å²) >= 11 is 0. The fourth-order valence-corrected chi connectivity index (χ4v) is 4.54. The zero-order chi connectivity index (χ0) is 14.9. The fraction of sp³-hybridized carbons (Fsp3) is 0.417. The van der Waals surface area contributed by atoms with Gasteiger partial charge in [0, 0.05) is 12.1 Å². The third kappa shape index (κ3) is 2.51. The smallest absolute Gasteiger partial charge is 0.307 e. The van der Waals surface area contributed by atoms with Crippen molar-refractivity contribution in [2.75, 3.05) is 0 Å². The lowest BCUT2D eigenvalue weighted by Crippen LogP contribution is -2.30. The van der Waals surface area contributed by atoms with E-state index in [1.807, 2.05) is 0 Å². The van der Waals surface area contributed by atoms with Gasteiger partial charge in [0.15, 0.2) is 9.84 Å². The lowest BCUT2D eigenvalue weighted by Gasteiger charge is -2.16. The summed E-state index contributed by atoms with van der Waals surface area (Å²) in [6.45, 7) is 0. The number of non-ortho nitro benzene ring substituents is 1. The van der Waals surface area contributed by atoms with Crippen molar-refractivity contribution in [3.63, 3.8) is 0 Å². The van der Waals surface area contributed by atoms with Crippen LogP contribution in [0.3, 0.4) is 0 Å². The van der Waals surface area contributed by atoms with Crippen LogP contribution >= 0.6 is 0 Å². The molecule has 8 heteroatoms. The Bertz CT molecular complexity index is 636. The summed E-state index contributed by atoms with van der Waals surface area (Å²) in [5, 5.41) is 18.6. The van der Waals surface area contributed by atoms with Gasteiger partial charge in [-0.25, -0.2) is 8.42 Å². The quantitative estimate of drug-likeness (QED) is 0.667. The van der Waals surface area contributed by atoms with E-state index in [2.05, 4.69) is 0 Å². The molecule has 0 heterocycles. The summed E-state index contributed by atoms with van der Waals surface area (Å²) < 4.78 is 24.8. The molecule has 0 spiro atoms. The number of carboxylic acid groups (broad SMARTS) is 1. The minimum absolute atomic E-state index is 0.0683. The van der Waals surface area contributed by atoms with E-state index in [4.69, 9.17) is 5.11 Å². The van der Waals surface area contributed by atoms with Crippen LogP contribution in [0.15, 0.2) is 29.2 Å². The van der Waals surface area contributed by atoms with E-state index >= 15 is 0 Å². The van der Waals surface area contributed by atoms with Crippen molar-refractivity contribution in [3.05, 3.63) is 34.4 Å². The van der Waals surface area contributed by atoms with Crippen molar-refractivity contribution >= 4 is 21.5 Å². The van der Waals surface area contributed by atoms with E-state index in [-0.39, 0.29) is 10.6 Å². The summed E-state index contributed by atoms with van der Waals surface area (Å²) in [7, 11) is -3.78.